The molecule has 0 aliphatic carbocycles. The molecule has 0 radical (unpaired) electrons. The minimum atomic E-state index is -1.01. The predicted octanol–water partition coefficient (Wildman–Crippen LogP) is 3.31. The number of amides is 1. The Kier molecular flexibility index (Phi) is 6.03. The molecule has 134 valence electrons. The van der Waals surface area contributed by atoms with E-state index in [4.69, 9.17) is 21.1 Å². The van der Waals surface area contributed by atoms with E-state index in [1.807, 2.05) is 13.8 Å². The third-order valence-corrected chi connectivity index (χ3v) is 3.68. The van der Waals surface area contributed by atoms with Gasteiger partial charge in [0.1, 0.15) is 17.1 Å². The second kappa shape index (κ2) is 8.02. The first kappa shape index (κ1) is 18.8. The van der Waals surface area contributed by atoms with Crippen molar-refractivity contribution >= 4 is 29.3 Å². The molecule has 0 aliphatic rings. The second-order valence-electron chi connectivity index (χ2n) is 5.64. The van der Waals surface area contributed by atoms with Crippen LogP contribution >= 0.6 is 11.6 Å². The smallest absolute Gasteiger partial charge is 0.342 e. The van der Waals surface area contributed by atoms with Crippen molar-refractivity contribution in [1.29, 1.82) is 0 Å². The van der Waals surface area contributed by atoms with Crippen LogP contribution in [0.2, 0.25) is 5.02 Å². The van der Waals surface area contributed by atoms with Crippen molar-refractivity contribution in [3.05, 3.63) is 41.0 Å². The maximum Gasteiger partial charge on any atom is 0.342 e. The van der Waals surface area contributed by atoms with Gasteiger partial charge in [-0.3, -0.25) is 4.79 Å². The van der Waals surface area contributed by atoms with Crippen LogP contribution in [0.3, 0.4) is 0 Å². The molecule has 2 aromatic rings. The van der Waals surface area contributed by atoms with Crippen molar-refractivity contribution in [2.45, 2.75) is 32.9 Å². The molecule has 0 bridgehead atoms. The first-order valence-electron chi connectivity index (χ1n) is 7.72. The van der Waals surface area contributed by atoms with Gasteiger partial charge in [0, 0.05) is 17.1 Å². The first-order chi connectivity index (χ1) is 11.8. The highest BCUT2D eigenvalue weighted by Crippen LogP contribution is 2.24. The summed E-state index contributed by atoms with van der Waals surface area (Å²) in [6.45, 7) is 5.37. The zero-order valence-electron chi connectivity index (χ0n) is 14.4. The van der Waals surface area contributed by atoms with E-state index in [-0.39, 0.29) is 11.6 Å². The van der Waals surface area contributed by atoms with E-state index in [1.54, 1.807) is 29.1 Å². The van der Waals surface area contributed by atoms with E-state index in [9.17, 15) is 9.59 Å². The number of halogens is 1. The number of esters is 1. The molecule has 2 rings (SSSR count). The maximum atomic E-state index is 12.3. The minimum Gasteiger partial charge on any atom is -0.496 e. The largest absolute Gasteiger partial charge is 0.496 e. The van der Waals surface area contributed by atoms with Crippen LogP contribution in [-0.4, -0.2) is 34.9 Å². The Morgan fingerprint density at radius 2 is 1.96 bits per heavy atom. The number of hydrogen-bond donors (Lipinski definition) is 1. The van der Waals surface area contributed by atoms with E-state index in [0.29, 0.717) is 16.6 Å². The van der Waals surface area contributed by atoms with Gasteiger partial charge in [-0.25, -0.2) is 9.48 Å². The molecule has 1 aromatic carbocycles. The van der Waals surface area contributed by atoms with E-state index < -0.39 is 18.0 Å². The Balaban J connectivity index is 2.07. The molecule has 7 nitrogen and oxygen atoms in total. The minimum absolute atomic E-state index is 0.0823. The zero-order chi connectivity index (χ0) is 18.6. The Labute approximate surface area is 150 Å². The highest BCUT2D eigenvalue weighted by atomic mass is 35.5. The molecule has 0 spiro atoms. The molecule has 8 heteroatoms. The predicted molar refractivity (Wildman–Crippen MR) is 94.1 cm³/mol. The fourth-order valence-electron chi connectivity index (χ4n) is 2.17. The molecule has 25 heavy (non-hydrogen) atoms. The van der Waals surface area contributed by atoms with Crippen molar-refractivity contribution in [2.75, 3.05) is 12.4 Å². The van der Waals surface area contributed by atoms with Gasteiger partial charge in [0.15, 0.2) is 6.10 Å². The molecular weight excluding hydrogens is 346 g/mol. The molecule has 1 amide bonds. The molecule has 1 aromatic heterocycles. The van der Waals surface area contributed by atoms with E-state index in [2.05, 4.69) is 10.4 Å². The normalized spacial score (nSPS) is 11.9. The highest BCUT2D eigenvalue weighted by Gasteiger charge is 2.22. The lowest BCUT2D eigenvalue weighted by atomic mass is 10.2. The second-order valence-corrected chi connectivity index (χ2v) is 6.07. The van der Waals surface area contributed by atoms with Crippen LogP contribution in [0.5, 0.6) is 5.75 Å². The summed E-state index contributed by atoms with van der Waals surface area (Å²) in [6.07, 6.45) is 0.579. The van der Waals surface area contributed by atoms with Crippen molar-refractivity contribution < 1.29 is 19.1 Å². The van der Waals surface area contributed by atoms with Gasteiger partial charge in [0.05, 0.1) is 13.3 Å². The number of methoxy groups -OCH3 is 1. The highest BCUT2D eigenvalue weighted by molar-refractivity contribution is 6.31. The summed E-state index contributed by atoms with van der Waals surface area (Å²) in [6, 6.07) is 6.35. The lowest BCUT2D eigenvalue weighted by Crippen LogP contribution is -2.31. The van der Waals surface area contributed by atoms with E-state index in [0.717, 1.165) is 0 Å². The van der Waals surface area contributed by atoms with Crippen LogP contribution in [-0.2, 0) is 9.53 Å². The van der Waals surface area contributed by atoms with Gasteiger partial charge in [-0.1, -0.05) is 11.6 Å². The molecule has 0 aliphatic heterocycles. The number of hydrogen-bond acceptors (Lipinski definition) is 5. The third kappa shape index (κ3) is 4.51. The molecule has 0 saturated heterocycles. The summed E-state index contributed by atoms with van der Waals surface area (Å²) in [5.41, 5.74) is 0.155. The average molecular weight is 366 g/mol. The quantitative estimate of drug-likeness (QED) is 0.794. The van der Waals surface area contributed by atoms with Gasteiger partial charge in [-0.05, 0) is 39.0 Å². The molecule has 1 N–H and O–H groups in total. The number of anilines is 1. The zero-order valence-corrected chi connectivity index (χ0v) is 15.2. The Bertz CT molecular complexity index is 773. The summed E-state index contributed by atoms with van der Waals surface area (Å²) in [5, 5.41) is 7.19. The van der Waals surface area contributed by atoms with Gasteiger partial charge in [0.25, 0.3) is 5.91 Å². The fraction of sp³-hybridized carbons (Fsp3) is 0.353. The van der Waals surface area contributed by atoms with E-state index >= 15 is 0 Å². The number of carbonyl (C=O) groups excluding carboxylic acids is 2. The number of aromatic nitrogens is 2. The van der Waals surface area contributed by atoms with Gasteiger partial charge in [-0.15, -0.1) is 0 Å². The topological polar surface area (TPSA) is 82.4 Å². The Morgan fingerprint density at radius 3 is 2.60 bits per heavy atom. The standard InChI is InChI=1S/C17H20ClN3O4/c1-10(2)21-15(7-8-19-21)20-16(22)11(3)25-17(23)13-9-12(18)5-6-14(13)24-4/h5-11H,1-4H3,(H,20,22)/t11-/m0/s1. The monoisotopic (exact) mass is 365 g/mol. The van der Waals surface area contributed by atoms with Crippen molar-refractivity contribution in [3.8, 4) is 5.75 Å². The summed E-state index contributed by atoms with van der Waals surface area (Å²) in [4.78, 5) is 24.6. The van der Waals surface area contributed by atoms with Crippen molar-refractivity contribution in [3.63, 3.8) is 0 Å². The first-order valence-corrected chi connectivity index (χ1v) is 8.10. The van der Waals surface area contributed by atoms with Gasteiger partial charge >= 0.3 is 5.97 Å². The number of rotatable bonds is 6. The Morgan fingerprint density at radius 1 is 1.24 bits per heavy atom. The lowest BCUT2D eigenvalue weighted by Gasteiger charge is -2.16. The number of ether oxygens (including phenoxy) is 2. The summed E-state index contributed by atoms with van der Waals surface area (Å²) in [7, 11) is 1.43. The van der Waals surface area contributed by atoms with Crippen LogP contribution in [0.4, 0.5) is 5.82 Å². The number of nitrogens with one attached hydrogen (secondary N) is 1. The lowest BCUT2D eigenvalue weighted by molar-refractivity contribution is -0.123. The Hall–Kier alpha value is -2.54. The molecule has 0 unspecified atom stereocenters. The molecule has 1 atom stereocenters. The summed E-state index contributed by atoms with van der Waals surface area (Å²) < 4.78 is 12.0. The van der Waals surface area contributed by atoms with Crippen LogP contribution in [0.25, 0.3) is 0 Å². The van der Waals surface area contributed by atoms with Crippen molar-refractivity contribution in [1.82, 2.24) is 9.78 Å². The average Bonchev–Trinajstić information content (AvgIpc) is 3.03. The van der Waals surface area contributed by atoms with Gasteiger partial charge < -0.3 is 14.8 Å². The summed E-state index contributed by atoms with van der Waals surface area (Å²) >= 11 is 5.91. The molecule has 0 saturated carbocycles. The number of benzene rings is 1. The summed E-state index contributed by atoms with van der Waals surface area (Å²) in [5.74, 6) is -0.306. The maximum absolute atomic E-state index is 12.3. The number of nitrogens with zero attached hydrogens (tertiary/aromatic N) is 2. The van der Waals surface area contributed by atoms with Crippen LogP contribution in [0.1, 0.15) is 37.2 Å². The van der Waals surface area contributed by atoms with Gasteiger partial charge in [-0.2, -0.15) is 5.10 Å². The molecular formula is C17H20ClN3O4. The number of carbonyl (C=O) groups is 2. The third-order valence-electron chi connectivity index (χ3n) is 3.45. The van der Waals surface area contributed by atoms with Crippen LogP contribution < -0.4 is 10.1 Å². The van der Waals surface area contributed by atoms with Crippen LogP contribution in [0.15, 0.2) is 30.5 Å². The van der Waals surface area contributed by atoms with Crippen LogP contribution in [0, 0.1) is 0 Å². The molecule has 1 heterocycles. The van der Waals surface area contributed by atoms with E-state index in [1.165, 1.54) is 20.1 Å². The van der Waals surface area contributed by atoms with Crippen molar-refractivity contribution in [2.24, 2.45) is 0 Å². The van der Waals surface area contributed by atoms with Gasteiger partial charge in [0.2, 0.25) is 0 Å². The SMILES string of the molecule is COc1ccc(Cl)cc1C(=O)O[C@@H](C)C(=O)Nc1ccnn1C(C)C. The fourth-order valence-corrected chi connectivity index (χ4v) is 2.34. The molecule has 0 fully saturated rings.